The van der Waals surface area contributed by atoms with Crippen LogP contribution in [0.2, 0.25) is 0 Å². The molecule has 1 aromatic heterocycles. The van der Waals surface area contributed by atoms with Gasteiger partial charge < -0.3 is 26.6 Å². The number of nitrogen functional groups attached to an aromatic ring is 1. The Labute approximate surface area is 223 Å². The van der Waals surface area contributed by atoms with Crippen molar-refractivity contribution in [2.45, 2.75) is 51.5 Å². The molecule has 1 fully saturated rings. The van der Waals surface area contributed by atoms with Crippen LogP contribution in [0.3, 0.4) is 0 Å². The zero-order valence-corrected chi connectivity index (χ0v) is 22.4. The lowest BCUT2D eigenvalue weighted by Crippen LogP contribution is -2.57. The van der Waals surface area contributed by atoms with Crippen LogP contribution in [0.25, 0.3) is 4.91 Å². The summed E-state index contributed by atoms with van der Waals surface area (Å²) in [6.45, 7) is 6.25. The summed E-state index contributed by atoms with van der Waals surface area (Å²) in [6, 6.07) is 9.28. The highest BCUT2D eigenvalue weighted by Crippen LogP contribution is 2.35. The lowest BCUT2D eigenvalue weighted by atomic mass is 9.83. The molecule has 9 heteroatoms. The van der Waals surface area contributed by atoms with Gasteiger partial charge in [-0.15, -0.1) is 0 Å². The van der Waals surface area contributed by atoms with Crippen LogP contribution in [0, 0.1) is 0 Å². The fourth-order valence-corrected chi connectivity index (χ4v) is 5.64. The normalized spacial score (nSPS) is 16.6. The number of nitrogens with one attached hydrogen (secondary N) is 3. The van der Waals surface area contributed by atoms with E-state index in [1.54, 1.807) is 24.0 Å². The number of hydrogen-bond donors (Lipinski definition) is 4. The highest BCUT2D eigenvalue weighted by atomic mass is 32.2. The lowest BCUT2D eigenvalue weighted by Gasteiger charge is -2.42. The van der Waals surface area contributed by atoms with Crippen molar-refractivity contribution < 1.29 is 9.59 Å². The summed E-state index contributed by atoms with van der Waals surface area (Å²) in [5.41, 5.74) is 8.56. The zero-order chi connectivity index (χ0) is 26.3. The second-order valence-electron chi connectivity index (χ2n) is 9.46. The van der Waals surface area contributed by atoms with Gasteiger partial charge >= 0.3 is 6.03 Å². The molecule has 2 aliphatic rings. The summed E-state index contributed by atoms with van der Waals surface area (Å²) < 4.78 is 0. The number of allylic oxidation sites excluding steroid dienone is 2. The fourth-order valence-electron chi connectivity index (χ4n) is 4.83. The van der Waals surface area contributed by atoms with Crippen molar-refractivity contribution in [1.29, 1.82) is 0 Å². The highest BCUT2D eigenvalue weighted by Gasteiger charge is 2.35. The van der Waals surface area contributed by atoms with Gasteiger partial charge in [-0.1, -0.05) is 43.3 Å². The van der Waals surface area contributed by atoms with Crippen molar-refractivity contribution >= 4 is 45.8 Å². The van der Waals surface area contributed by atoms with Gasteiger partial charge in [0, 0.05) is 36.3 Å². The highest BCUT2D eigenvalue weighted by molar-refractivity contribution is 8.11. The number of benzene rings is 1. The predicted octanol–water partition coefficient (Wildman–Crippen LogP) is 5.37. The van der Waals surface area contributed by atoms with Crippen LogP contribution in [0.4, 0.5) is 22.0 Å². The molecule has 0 saturated carbocycles. The summed E-state index contributed by atoms with van der Waals surface area (Å²) in [5.74, 6) is 0.579. The molecule has 4 rings (SSSR count). The van der Waals surface area contributed by atoms with Crippen molar-refractivity contribution in [3.05, 3.63) is 65.2 Å². The van der Waals surface area contributed by atoms with E-state index in [9.17, 15) is 9.59 Å². The minimum absolute atomic E-state index is 0.102. The van der Waals surface area contributed by atoms with E-state index in [0.29, 0.717) is 23.5 Å². The molecule has 0 radical (unpaired) electrons. The van der Waals surface area contributed by atoms with E-state index in [2.05, 4.69) is 50.3 Å². The van der Waals surface area contributed by atoms with E-state index in [0.717, 1.165) is 61.5 Å². The number of rotatable bonds is 8. The van der Waals surface area contributed by atoms with Gasteiger partial charge in [0.25, 0.3) is 5.91 Å². The summed E-state index contributed by atoms with van der Waals surface area (Å²) in [4.78, 5) is 33.1. The van der Waals surface area contributed by atoms with Crippen molar-refractivity contribution in [2.75, 3.05) is 35.6 Å². The van der Waals surface area contributed by atoms with E-state index >= 15 is 0 Å². The first kappa shape index (κ1) is 26.6. The number of aromatic nitrogens is 1. The molecule has 3 amide bonds. The van der Waals surface area contributed by atoms with Crippen LogP contribution in [0.1, 0.15) is 61.9 Å². The predicted molar refractivity (Wildman–Crippen MR) is 154 cm³/mol. The first-order chi connectivity index (χ1) is 17.9. The lowest BCUT2D eigenvalue weighted by molar-refractivity contribution is 0.102. The average molecular weight is 521 g/mol. The quantitative estimate of drug-likeness (QED) is 0.348. The molecule has 5 N–H and O–H groups in total. The molecule has 2 aliphatic heterocycles. The van der Waals surface area contributed by atoms with Gasteiger partial charge in [0.15, 0.2) is 0 Å². The fraction of sp³-hybridized carbons (Fsp3) is 0.393. The number of amides is 3. The molecule has 3 heterocycles. The Balaban J connectivity index is 1.38. The Hall–Kier alpha value is -3.46. The van der Waals surface area contributed by atoms with Crippen molar-refractivity contribution in [3.63, 3.8) is 0 Å². The number of hydrogen-bond acceptors (Lipinski definition) is 6. The molecular formula is C28H36N6O2S. The second kappa shape index (κ2) is 12.2. The number of carbonyl (C=O) groups is 2. The Morgan fingerprint density at radius 3 is 2.62 bits per heavy atom. The van der Waals surface area contributed by atoms with E-state index < -0.39 is 0 Å². The summed E-state index contributed by atoms with van der Waals surface area (Å²) in [7, 11) is 0. The third kappa shape index (κ3) is 6.65. The molecular weight excluding hydrogens is 484 g/mol. The second-order valence-corrected chi connectivity index (χ2v) is 10.4. The zero-order valence-electron chi connectivity index (χ0n) is 21.5. The third-order valence-corrected chi connectivity index (χ3v) is 7.80. The molecule has 0 atom stereocenters. The first-order valence-electron chi connectivity index (χ1n) is 12.9. The molecule has 0 unspecified atom stereocenters. The minimum atomic E-state index is -0.250. The van der Waals surface area contributed by atoms with Gasteiger partial charge in [-0.25, -0.2) is 9.78 Å². The minimum Gasteiger partial charge on any atom is -0.397 e. The van der Waals surface area contributed by atoms with Crippen LogP contribution in [-0.2, 0) is 0 Å². The summed E-state index contributed by atoms with van der Waals surface area (Å²) in [6.07, 6.45) is 10.4. The number of carbonyl (C=O) groups excluding carboxylic acids is 2. The van der Waals surface area contributed by atoms with Gasteiger partial charge in [-0.2, -0.15) is 0 Å². The monoisotopic (exact) mass is 520 g/mol. The van der Waals surface area contributed by atoms with Crippen molar-refractivity contribution in [2.24, 2.45) is 0 Å². The number of thioether (sulfide) groups is 1. The number of anilines is 3. The Bertz CT molecular complexity index is 1170. The van der Waals surface area contributed by atoms with Crippen LogP contribution >= 0.6 is 11.8 Å². The Morgan fingerprint density at radius 1 is 1.16 bits per heavy atom. The number of nitrogens with two attached hydrogens (primary N) is 1. The summed E-state index contributed by atoms with van der Waals surface area (Å²) >= 11 is 1.66. The van der Waals surface area contributed by atoms with Gasteiger partial charge in [-0.3, -0.25) is 4.79 Å². The van der Waals surface area contributed by atoms with Gasteiger partial charge in [0.1, 0.15) is 5.82 Å². The standard InChI is InChI=1S/C28H36N6O2S/c1-3-12-28(33-27(36)30-4-2)13-15-34(16-14-28)25-11-9-21(19-31-25)26(35)32-23-18-20(8-10-22(23)29)24-7-5-6-17-37-24/h6-11,17-19H,3-5,12-16,29H2,1-2H3,(H,32,35)(H2,30,33,36). The molecule has 2 aromatic rings. The van der Waals surface area contributed by atoms with Crippen molar-refractivity contribution in [1.82, 2.24) is 15.6 Å². The number of nitrogens with zero attached hydrogens (tertiary/aromatic N) is 2. The van der Waals surface area contributed by atoms with Crippen LogP contribution in [0.5, 0.6) is 0 Å². The number of urea groups is 1. The van der Waals surface area contributed by atoms with Crippen LogP contribution < -0.4 is 26.6 Å². The molecule has 0 aliphatic carbocycles. The molecule has 8 nitrogen and oxygen atoms in total. The Kier molecular flexibility index (Phi) is 8.76. The molecule has 37 heavy (non-hydrogen) atoms. The molecule has 0 spiro atoms. The van der Waals surface area contributed by atoms with Crippen LogP contribution in [0.15, 0.2) is 54.1 Å². The molecule has 1 saturated heterocycles. The van der Waals surface area contributed by atoms with Crippen LogP contribution in [-0.4, -0.2) is 42.1 Å². The average Bonchev–Trinajstić information content (AvgIpc) is 2.91. The third-order valence-electron chi connectivity index (χ3n) is 6.82. The first-order valence-corrected chi connectivity index (χ1v) is 13.8. The van der Waals surface area contributed by atoms with E-state index in [1.807, 2.05) is 31.2 Å². The molecule has 196 valence electrons. The molecule has 1 aromatic carbocycles. The van der Waals surface area contributed by atoms with Gasteiger partial charge in [-0.05, 0) is 67.8 Å². The van der Waals surface area contributed by atoms with E-state index in [-0.39, 0.29) is 17.5 Å². The SMILES string of the molecule is CCCC1(NC(=O)NCC)CCN(c2ccc(C(=O)Nc3cc(C4=CCC=CS4)ccc3N)cn2)CC1. The van der Waals surface area contributed by atoms with E-state index in [4.69, 9.17) is 5.73 Å². The maximum atomic E-state index is 13.0. The maximum Gasteiger partial charge on any atom is 0.315 e. The largest absolute Gasteiger partial charge is 0.397 e. The van der Waals surface area contributed by atoms with E-state index in [1.165, 1.54) is 0 Å². The van der Waals surface area contributed by atoms with Gasteiger partial charge in [0.05, 0.1) is 16.9 Å². The van der Waals surface area contributed by atoms with Gasteiger partial charge in [0.2, 0.25) is 0 Å². The maximum absolute atomic E-state index is 13.0. The smallest absolute Gasteiger partial charge is 0.315 e. The number of piperidine rings is 1. The molecule has 0 bridgehead atoms. The Morgan fingerprint density at radius 2 is 1.97 bits per heavy atom. The topological polar surface area (TPSA) is 112 Å². The van der Waals surface area contributed by atoms with Crippen molar-refractivity contribution in [3.8, 4) is 0 Å². The summed E-state index contributed by atoms with van der Waals surface area (Å²) in [5, 5.41) is 11.1. The number of pyridine rings is 1.